The number of aryl methyl sites for hydroxylation is 1. The van der Waals surface area contributed by atoms with Gasteiger partial charge in [-0.1, -0.05) is 5.16 Å². The fourth-order valence-electron chi connectivity index (χ4n) is 3.06. The van der Waals surface area contributed by atoms with Crippen LogP contribution in [0.1, 0.15) is 29.9 Å². The van der Waals surface area contributed by atoms with E-state index < -0.39 is 0 Å². The predicted molar refractivity (Wildman–Crippen MR) is 103 cm³/mol. The van der Waals surface area contributed by atoms with Crippen LogP contribution in [0.3, 0.4) is 0 Å². The summed E-state index contributed by atoms with van der Waals surface area (Å²) in [6, 6.07) is 4.95. The van der Waals surface area contributed by atoms with E-state index in [9.17, 15) is 9.59 Å². The van der Waals surface area contributed by atoms with Crippen LogP contribution in [0.15, 0.2) is 28.9 Å². The molecule has 2 aromatic heterocycles. The molecule has 150 valence electrons. The smallest absolute Gasteiger partial charge is 0.339 e. The summed E-state index contributed by atoms with van der Waals surface area (Å²) in [6.45, 7) is 8.72. The van der Waals surface area contributed by atoms with Crippen LogP contribution in [0, 0.1) is 6.92 Å². The van der Waals surface area contributed by atoms with Crippen LogP contribution in [0.25, 0.3) is 0 Å². The lowest BCUT2D eigenvalue weighted by molar-refractivity contribution is -0.121. The average molecular weight is 387 g/mol. The predicted octanol–water partition coefficient (Wildman–Crippen LogP) is 1.70. The van der Waals surface area contributed by atoms with Crippen LogP contribution in [0.5, 0.6) is 0 Å². The molecule has 0 unspecified atom stereocenters. The zero-order valence-corrected chi connectivity index (χ0v) is 16.3. The zero-order chi connectivity index (χ0) is 20.1. The molecular weight excluding hydrogens is 362 g/mol. The van der Waals surface area contributed by atoms with Gasteiger partial charge in [0.15, 0.2) is 0 Å². The van der Waals surface area contributed by atoms with E-state index in [0.29, 0.717) is 18.1 Å². The number of nitrogens with zero attached hydrogens (tertiary/aromatic N) is 4. The Balaban J connectivity index is 1.52. The van der Waals surface area contributed by atoms with Gasteiger partial charge in [-0.25, -0.2) is 9.78 Å². The summed E-state index contributed by atoms with van der Waals surface area (Å²) in [4.78, 5) is 32.8. The summed E-state index contributed by atoms with van der Waals surface area (Å²) in [6.07, 6.45) is 1.54. The number of hydrogen-bond donors (Lipinski definition) is 1. The molecule has 1 fully saturated rings. The van der Waals surface area contributed by atoms with Gasteiger partial charge in [-0.15, -0.1) is 0 Å². The highest BCUT2D eigenvalue weighted by Gasteiger charge is 2.26. The molecule has 0 saturated carbocycles. The maximum Gasteiger partial charge on any atom is 0.339 e. The van der Waals surface area contributed by atoms with Gasteiger partial charge >= 0.3 is 5.97 Å². The van der Waals surface area contributed by atoms with Gasteiger partial charge in [0.05, 0.1) is 23.9 Å². The lowest BCUT2D eigenvalue weighted by atomic mass is 10.2. The second-order valence-electron chi connectivity index (χ2n) is 6.65. The van der Waals surface area contributed by atoms with Crippen LogP contribution in [0.2, 0.25) is 0 Å². The van der Waals surface area contributed by atoms with Crippen molar-refractivity contribution in [2.75, 3.05) is 43.0 Å². The van der Waals surface area contributed by atoms with Crippen LogP contribution < -0.4 is 10.2 Å². The number of pyridine rings is 1. The molecule has 3 rings (SSSR count). The monoisotopic (exact) mass is 387 g/mol. The fourth-order valence-corrected chi connectivity index (χ4v) is 3.06. The number of aromatic nitrogens is 2. The summed E-state index contributed by atoms with van der Waals surface area (Å²) in [5.74, 6) is 0.676. The van der Waals surface area contributed by atoms with E-state index in [0.717, 1.165) is 37.7 Å². The molecule has 9 heteroatoms. The minimum absolute atomic E-state index is 0.124. The van der Waals surface area contributed by atoms with Crippen molar-refractivity contribution in [1.29, 1.82) is 0 Å². The van der Waals surface area contributed by atoms with Crippen molar-refractivity contribution in [2.24, 2.45) is 0 Å². The van der Waals surface area contributed by atoms with Crippen molar-refractivity contribution in [1.82, 2.24) is 15.0 Å². The van der Waals surface area contributed by atoms with E-state index in [2.05, 4.69) is 25.3 Å². The third-order valence-electron chi connectivity index (χ3n) is 4.70. The first-order valence-corrected chi connectivity index (χ1v) is 9.34. The third kappa shape index (κ3) is 4.66. The van der Waals surface area contributed by atoms with E-state index >= 15 is 0 Å². The van der Waals surface area contributed by atoms with Crippen molar-refractivity contribution in [3.8, 4) is 0 Å². The van der Waals surface area contributed by atoms with Crippen LogP contribution >= 0.6 is 0 Å². The van der Waals surface area contributed by atoms with Gasteiger partial charge in [0.1, 0.15) is 5.82 Å². The molecule has 1 aliphatic rings. The van der Waals surface area contributed by atoms with E-state index in [1.54, 1.807) is 26.0 Å². The summed E-state index contributed by atoms with van der Waals surface area (Å²) < 4.78 is 10.0. The maximum absolute atomic E-state index is 12.4. The standard InChI is InChI=1S/C19H25N5O4/c1-4-27-19(26)15-5-6-16(20-12-15)24-9-7-23(8-10-24)14(3)18(25)21-17-11-13(2)22-28-17/h5-6,11-12,14H,4,7-10H2,1-3H3,(H,21,25)/t14-/m1/s1. The van der Waals surface area contributed by atoms with Crippen molar-refractivity contribution in [3.05, 3.63) is 35.7 Å². The number of hydrogen-bond acceptors (Lipinski definition) is 8. The van der Waals surface area contributed by atoms with E-state index in [1.807, 2.05) is 13.0 Å². The number of carbonyl (C=O) groups is 2. The summed E-state index contributed by atoms with van der Waals surface area (Å²) >= 11 is 0. The van der Waals surface area contributed by atoms with Gasteiger partial charge in [0.2, 0.25) is 11.8 Å². The number of ether oxygens (including phenoxy) is 1. The molecule has 1 N–H and O–H groups in total. The molecule has 1 amide bonds. The largest absolute Gasteiger partial charge is 0.462 e. The summed E-state index contributed by atoms with van der Waals surface area (Å²) in [5.41, 5.74) is 1.16. The van der Waals surface area contributed by atoms with Crippen LogP contribution in [0.4, 0.5) is 11.7 Å². The van der Waals surface area contributed by atoms with Crippen molar-refractivity contribution < 1.29 is 18.8 Å². The minimum atomic E-state index is -0.367. The normalized spacial score (nSPS) is 15.9. The van der Waals surface area contributed by atoms with Crippen LogP contribution in [-0.2, 0) is 9.53 Å². The van der Waals surface area contributed by atoms with Crippen molar-refractivity contribution >= 4 is 23.6 Å². The Morgan fingerprint density at radius 1 is 1.29 bits per heavy atom. The molecule has 2 aromatic rings. The molecule has 3 heterocycles. The van der Waals surface area contributed by atoms with E-state index in [1.165, 1.54) is 6.20 Å². The Labute approximate surface area is 163 Å². The van der Waals surface area contributed by atoms with Gasteiger partial charge < -0.3 is 14.2 Å². The summed E-state index contributed by atoms with van der Waals surface area (Å²) in [5, 5.41) is 6.52. The quantitative estimate of drug-likeness (QED) is 0.748. The molecule has 0 aliphatic carbocycles. The Bertz CT molecular complexity index is 812. The lowest BCUT2D eigenvalue weighted by Crippen LogP contribution is -2.53. The van der Waals surface area contributed by atoms with Crippen molar-refractivity contribution in [2.45, 2.75) is 26.8 Å². The number of rotatable bonds is 6. The lowest BCUT2D eigenvalue weighted by Gasteiger charge is -2.37. The Hall–Kier alpha value is -2.94. The number of carbonyl (C=O) groups excluding carboxylic acids is 2. The van der Waals surface area contributed by atoms with Gasteiger partial charge in [0, 0.05) is 38.4 Å². The van der Waals surface area contributed by atoms with Crippen molar-refractivity contribution in [3.63, 3.8) is 0 Å². The van der Waals surface area contributed by atoms with E-state index in [-0.39, 0.29) is 17.9 Å². The highest BCUT2D eigenvalue weighted by Crippen LogP contribution is 2.17. The number of amides is 1. The first-order chi connectivity index (χ1) is 13.5. The number of piperazine rings is 1. The first-order valence-electron chi connectivity index (χ1n) is 9.34. The van der Waals surface area contributed by atoms with Crippen LogP contribution in [-0.4, -0.2) is 65.7 Å². The zero-order valence-electron chi connectivity index (χ0n) is 16.3. The number of anilines is 2. The molecule has 0 bridgehead atoms. The molecule has 9 nitrogen and oxygen atoms in total. The second-order valence-corrected chi connectivity index (χ2v) is 6.65. The molecular formula is C19H25N5O4. The molecule has 0 spiro atoms. The molecule has 0 aromatic carbocycles. The molecule has 0 radical (unpaired) electrons. The highest BCUT2D eigenvalue weighted by molar-refractivity contribution is 5.93. The highest BCUT2D eigenvalue weighted by atomic mass is 16.5. The molecule has 1 aliphatic heterocycles. The Morgan fingerprint density at radius 2 is 2.04 bits per heavy atom. The third-order valence-corrected chi connectivity index (χ3v) is 4.70. The van der Waals surface area contributed by atoms with E-state index in [4.69, 9.17) is 9.26 Å². The summed E-state index contributed by atoms with van der Waals surface area (Å²) in [7, 11) is 0. The van der Waals surface area contributed by atoms with Gasteiger partial charge in [-0.3, -0.25) is 15.0 Å². The molecule has 1 saturated heterocycles. The van der Waals surface area contributed by atoms with Gasteiger partial charge in [-0.2, -0.15) is 0 Å². The topological polar surface area (TPSA) is 101 Å². The molecule has 28 heavy (non-hydrogen) atoms. The number of nitrogens with one attached hydrogen (secondary N) is 1. The van der Waals surface area contributed by atoms with Gasteiger partial charge in [-0.05, 0) is 32.9 Å². The SMILES string of the molecule is CCOC(=O)c1ccc(N2CCN([C@H](C)C(=O)Nc3cc(C)no3)CC2)nc1. The fraction of sp³-hybridized carbons (Fsp3) is 0.474. The minimum Gasteiger partial charge on any atom is -0.462 e. The second kappa shape index (κ2) is 8.83. The molecule has 1 atom stereocenters. The average Bonchev–Trinajstić information content (AvgIpc) is 3.12. The van der Waals surface area contributed by atoms with Gasteiger partial charge in [0.25, 0.3) is 0 Å². The Kier molecular flexibility index (Phi) is 6.25. The maximum atomic E-state index is 12.4. The number of esters is 1. The first kappa shape index (κ1) is 19.8. The Morgan fingerprint density at radius 3 is 2.61 bits per heavy atom.